The molecule has 0 bridgehead atoms. The second kappa shape index (κ2) is 5.66. The van der Waals surface area contributed by atoms with Crippen molar-refractivity contribution < 1.29 is 0 Å². The number of halogens is 3. The summed E-state index contributed by atoms with van der Waals surface area (Å²) in [5.74, 6) is 0. The second-order valence-corrected chi connectivity index (χ2v) is 5.11. The van der Waals surface area contributed by atoms with Gasteiger partial charge in [-0.25, -0.2) is 0 Å². The van der Waals surface area contributed by atoms with Crippen molar-refractivity contribution in [3.63, 3.8) is 0 Å². The van der Waals surface area contributed by atoms with Crippen molar-refractivity contribution in [1.29, 1.82) is 0 Å². The molecule has 0 aliphatic carbocycles. The average molecular weight is 332 g/mol. The fourth-order valence-electron chi connectivity index (χ4n) is 2.48. The van der Waals surface area contributed by atoms with Crippen LogP contribution in [0.1, 0.15) is 5.69 Å². The lowest BCUT2D eigenvalue weighted by molar-refractivity contribution is 0.851. The fourth-order valence-corrected chi connectivity index (χ4v) is 2.92. The molecule has 0 spiro atoms. The third-order valence-corrected chi connectivity index (χ3v) is 4.14. The van der Waals surface area contributed by atoms with Crippen LogP contribution in [0.2, 0.25) is 10.0 Å². The predicted octanol–water partition coefficient (Wildman–Crippen LogP) is 3.76. The average Bonchev–Trinajstić information content (AvgIpc) is 3.00. The van der Waals surface area contributed by atoms with Crippen LogP contribution in [0.25, 0.3) is 22.0 Å². The summed E-state index contributed by atoms with van der Waals surface area (Å²) in [5.41, 5.74) is 9.82. The first kappa shape index (κ1) is 15.2. The van der Waals surface area contributed by atoms with Gasteiger partial charge in [-0.1, -0.05) is 29.3 Å². The summed E-state index contributed by atoms with van der Waals surface area (Å²) in [7, 11) is 1.94. The molecule has 2 heterocycles. The molecular weight excluding hydrogens is 319 g/mol. The van der Waals surface area contributed by atoms with E-state index in [4.69, 9.17) is 28.9 Å². The number of hydrogen-bond donors (Lipinski definition) is 2. The van der Waals surface area contributed by atoms with E-state index in [9.17, 15) is 0 Å². The maximum absolute atomic E-state index is 6.32. The molecule has 2 aromatic heterocycles. The van der Waals surface area contributed by atoms with E-state index in [0.29, 0.717) is 16.6 Å². The molecule has 0 amide bonds. The number of benzene rings is 1. The Morgan fingerprint density at radius 3 is 2.70 bits per heavy atom. The van der Waals surface area contributed by atoms with Gasteiger partial charge in [0.1, 0.15) is 0 Å². The van der Waals surface area contributed by atoms with Crippen LogP contribution in [0.3, 0.4) is 0 Å². The summed E-state index contributed by atoms with van der Waals surface area (Å²) in [5, 5.41) is 8.93. The smallest absolute Gasteiger partial charge is 0.0835 e. The molecule has 4 nitrogen and oxygen atoms in total. The summed E-state index contributed by atoms with van der Waals surface area (Å²) >= 11 is 12.4. The standard InChI is InChI=1S/C13H12Cl2N4.ClH/c1-19-10(4-16)11(7-5-17-18-6-7)8-2-3-9(14)12(15)13(8)19;/h2-3,5-6H,4,16H2,1H3,(H,17,18);1H. The molecule has 0 unspecified atom stereocenters. The lowest BCUT2D eigenvalue weighted by atomic mass is 10.1. The van der Waals surface area contributed by atoms with Gasteiger partial charge in [0, 0.05) is 42.0 Å². The molecule has 106 valence electrons. The van der Waals surface area contributed by atoms with E-state index in [0.717, 1.165) is 27.7 Å². The minimum Gasteiger partial charge on any atom is -0.345 e. The largest absolute Gasteiger partial charge is 0.345 e. The van der Waals surface area contributed by atoms with E-state index < -0.39 is 0 Å². The molecule has 7 heteroatoms. The monoisotopic (exact) mass is 330 g/mol. The number of aromatic amines is 1. The van der Waals surface area contributed by atoms with Gasteiger partial charge in [-0.3, -0.25) is 5.10 Å². The first-order valence-corrected chi connectivity index (χ1v) is 6.55. The lowest BCUT2D eigenvalue weighted by Crippen LogP contribution is -2.04. The van der Waals surface area contributed by atoms with Crippen molar-refractivity contribution in [3.8, 4) is 11.1 Å². The minimum absolute atomic E-state index is 0. The Bertz CT molecular complexity index is 747. The predicted molar refractivity (Wildman–Crippen MR) is 85.7 cm³/mol. The summed E-state index contributed by atoms with van der Waals surface area (Å²) in [6.45, 7) is 0.416. The zero-order valence-electron chi connectivity index (χ0n) is 10.7. The maximum Gasteiger partial charge on any atom is 0.0835 e. The fraction of sp³-hybridized carbons (Fsp3) is 0.154. The third-order valence-electron chi connectivity index (χ3n) is 3.35. The Hall–Kier alpha value is -1.20. The van der Waals surface area contributed by atoms with Gasteiger partial charge in [-0.05, 0) is 6.07 Å². The van der Waals surface area contributed by atoms with Crippen LogP contribution in [0.4, 0.5) is 0 Å². The van der Waals surface area contributed by atoms with Gasteiger partial charge < -0.3 is 10.3 Å². The number of nitrogens with one attached hydrogen (secondary N) is 1. The van der Waals surface area contributed by atoms with Crippen molar-refractivity contribution >= 4 is 46.5 Å². The van der Waals surface area contributed by atoms with Crippen molar-refractivity contribution in [2.75, 3.05) is 0 Å². The van der Waals surface area contributed by atoms with E-state index in [1.807, 2.05) is 23.9 Å². The normalized spacial score (nSPS) is 10.8. The number of rotatable bonds is 2. The van der Waals surface area contributed by atoms with Crippen LogP contribution in [0.5, 0.6) is 0 Å². The number of H-pyrrole nitrogens is 1. The molecule has 3 aromatic rings. The van der Waals surface area contributed by atoms with Crippen molar-refractivity contribution in [2.24, 2.45) is 12.8 Å². The molecule has 0 aliphatic heterocycles. The Morgan fingerprint density at radius 2 is 2.10 bits per heavy atom. The van der Waals surface area contributed by atoms with E-state index in [2.05, 4.69) is 10.2 Å². The number of aromatic nitrogens is 3. The second-order valence-electron chi connectivity index (χ2n) is 4.33. The molecule has 0 atom stereocenters. The Kier molecular flexibility index (Phi) is 4.30. The Labute approximate surface area is 132 Å². The maximum atomic E-state index is 6.32. The van der Waals surface area contributed by atoms with E-state index in [1.165, 1.54) is 0 Å². The van der Waals surface area contributed by atoms with Gasteiger partial charge >= 0.3 is 0 Å². The Morgan fingerprint density at radius 1 is 1.35 bits per heavy atom. The summed E-state index contributed by atoms with van der Waals surface area (Å²) < 4.78 is 1.99. The van der Waals surface area contributed by atoms with Crippen LogP contribution in [0.15, 0.2) is 24.5 Å². The van der Waals surface area contributed by atoms with Gasteiger partial charge in [-0.2, -0.15) is 5.10 Å². The number of nitrogens with two attached hydrogens (primary N) is 1. The quantitative estimate of drug-likeness (QED) is 0.751. The van der Waals surface area contributed by atoms with Gasteiger partial charge in [0.05, 0.1) is 21.8 Å². The molecule has 0 saturated carbocycles. The van der Waals surface area contributed by atoms with Gasteiger partial charge in [0.15, 0.2) is 0 Å². The van der Waals surface area contributed by atoms with Gasteiger partial charge in [0.2, 0.25) is 0 Å². The van der Waals surface area contributed by atoms with Crippen LogP contribution in [-0.2, 0) is 13.6 Å². The van der Waals surface area contributed by atoms with E-state index in [-0.39, 0.29) is 12.4 Å². The van der Waals surface area contributed by atoms with Crippen LogP contribution in [0, 0.1) is 0 Å². The first-order chi connectivity index (χ1) is 9.15. The van der Waals surface area contributed by atoms with Crippen LogP contribution < -0.4 is 5.73 Å². The van der Waals surface area contributed by atoms with Gasteiger partial charge in [-0.15, -0.1) is 12.4 Å². The van der Waals surface area contributed by atoms with Crippen LogP contribution in [-0.4, -0.2) is 14.8 Å². The van der Waals surface area contributed by atoms with Crippen molar-refractivity contribution in [1.82, 2.24) is 14.8 Å². The summed E-state index contributed by atoms with van der Waals surface area (Å²) in [6, 6.07) is 3.77. The van der Waals surface area contributed by atoms with Crippen molar-refractivity contribution in [2.45, 2.75) is 6.54 Å². The Balaban J connectivity index is 0.00000147. The summed E-state index contributed by atoms with van der Waals surface area (Å²) in [6.07, 6.45) is 3.62. The van der Waals surface area contributed by atoms with E-state index in [1.54, 1.807) is 12.3 Å². The van der Waals surface area contributed by atoms with E-state index >= 15 is 0 Å². The topological polar surface area (TPSA) is 59.6 Å². The number of aryl methyl sites for hydroxylation is 1. The molecular formula is C13H13Cl3N4. The number of nitrogens with zero attached hydrogens (tertiary/aromatic N) is 2. The highest BCUT2D eigenvalue weighted by atomic mass is 35.5. The van der Waals surface area contributed by atoms with Crippen molar-refractivity contribution in [3.05, 3.63) is 40.3 Å². The highest BCUT2D eigenvalue weighted by molar-refractivity contribution is 6.45. The van der Waals surface area contributed by atoms with Gasteiger partial charge in [0.25, 0.3) is 0 Å². The van der Waals surface area contributed by atoms with Crippen LogP contribution >= 0.6 is 35.6 Å². The molecule has 3 rings (SSSR count). The molecule has 3 N–H and O–H groups in total. The molecule has 0 aliphatic rings. The number of hydrogen-bond acceptors (Lipinski definition) is 2. The zero-order chi connectivity index (χ0) is 13.6. The minimum atomic E-state index is 0. The molecule has 1 aromatic carbocycles. The SMILES string of the molecule is Cl.Cn1c(CN)c(-c2cn[nH]c2)c2ccc(Cl)c(Cl)c21. The molecule has 0 radical (unpaired) electrons. The number of fused-ring (bicyclic) bond motifs is 1. The third kappa shape index (κ3) is 2.09. The highest BCUT2D eigenvalue weighted by Crippen LogP contribution is 2.39. The lowest BCUT2D eigenvalue weighted by Gasteiger charge is -2.04. The highest BCUT2D eigenvalue weighted by Gasteiger charge is 2.19. The molecule has 0 fully saturated rings. The summed E-state index contributed by atoms with van der Waals surface area (Å²) in [4.78, 5) is 0. The molecule has 20 heavy (non-hydrogen) atoms. The zero-order valence-corrected chi connectivity index (χ0v) is 13.0. The first-order valence-electron chi connectivity index (χ1n) is 5.79. The molecule has 0 saturated heterocycles.